The second-order valence-electron chi connectivity index (χ2n) is 6.11. The SMILES string of the molecule is C[Si](C)(C1=CCC2C(=O)OC(=O)C2C1)c1ccccc1. The fraction of sp³-hybridized carbons (Fsp3) is 0.375. The van der Waals surface area contributed by atoms with Crippen LogP contribution in [-0.2, 0) is 14.3 Å². The van der Waals surface area contributed by atoms with E-state index < -0.39 is 8.07 Å². The Morgan fingerprint density at radius 1 is 1.05 bits per heavy atom. The first-order valence-electron chi connectivity index (χ1n) is 7.00. The van der Waals surface area contributed by atoms with Crippen LogP contribution < -0.4 is 5.19 Å². The van der Waals surface area contributed by atoms with Crippen LogP contribution in [0.5, 0.6) is 0 Å². The Balaban J connectivity index is 1.91. The average Bonchev–Trinajstić information content (AvgIpc) is 2.75. The number of hydrogen-bond acceptors (Lipinski definition) is 3. The third-order valence-electron chi connectivity index (χ3n) is 4.65. The number of cyclic esters (lactones) is 2. The normalized spacial score (nSPS) is 26.0. The van der Waals surface area contributed by atoms with Crippen LogP contribution in [0, 0.1) is 11.8 Å². The largest absolute Gasteiger partial charge is 0.393 e. The third-order valence-corrected chi connectivity index (χ3v) is 8.44. The lowest BCUT2D eigenvalue weighted by Gasteiger charge is -2.31. The highest BCUT2D eigenvalue weighted by Crippen LogP contribution is 2.39. The van der Waals surface area contributed by atoms with Gasteiger partial charge in [-0.15, -0.1) is 0 Å². The molecule has 1 aliphatic heterocycles. The molecule has 2 aliphatic rings. The second-order valence-corrected chi connectivity index (χ2v) is 10.6. The number of allylic oxidation sites excluding steroid dienone is 2. The van der Waals surface area contributed by atoms with E-state index in [1.54, 1.807) is 0 Å². The van der Waals surface area contributed by atoms with E-state index in [-0.39, 0.29) is 23.8 Å². The Morgan fingerprint density at radius 3 is 2.40 bits per heavy atom. The first kappa shape index (κ1) is 13.3. The maximum atomic E-state index is 11.8. The fourth-order valence-electron chi connectivity index (χ4n) is 3.21. The first-order chi connectivity index (χ1) is 9.50. The molecule has 0 radical (unpaired) electrons. The summed E-state index contributed by atoms with van der Waals surface area (Å²) in [5.74, 6) is -1.16. The van der Waals surface area contributed by atoms with Gasteiger partial charge in [0.05, 0.1) is 11.8 Å². The van der Waals surface area contributed by atoms with Crippen molar-refractivity contribution < 1.29 is 14.3 Å². The molecule has 0 bridgehead atoms. The van der Waals surface area contributed by atoms with Crippen molar-refractivity contribution in [2.45, 2.75) is 25.9 Å². The molecule has 0 saturated carbocycles. The molecule has 104 valence electrons. The molecule has 0 N–H and O–H groups in total. The molecular weight excluding hydrogens is 268 g/mol. The molecule has 4 heteroatoms. The highest BCUT2D eigenvalue weighted by atomic mass is 28.3. The third kappa shape index (κ3) is 2.04. The molecule has 1 fully saturated rings. The molecule has 2 atom stereocenters. The molecule has 20 heavy (non-hydrogen) atoms. The highest BCUT2D eigenvalue weighted by molar-refractivity contribution is 6.95. The van der Waals surface area contributed by atoms with Gasteiger partial charge in [0.15, 0.2) is 0 Å². The maximum absolute atomic E-state index is 11.8. The summed E-state index contributed by atoms with van der Waals surface area (Å²) in [6.07, 6.45) is 3.51. The summed E-state index contributed by atoms with van der Waals surface area (Å²) in [4.78, 5) is 23.4. The van der Waals surface area contributed by atoms with Crippen LogP contribution in [0.3, 0.4) is 0 Å². The highest BCUT2D eigenvalue weighted by Gasteiger charge is 2.47. The second kappa shape index (κ2) is 4.70. The van der Waals surface area contributed by atoms with E-state index in [2.05, 4.69) is 43.4 Å². The molecule has 1 aliphatic carbocycles. The number of carbonyl (C=O) groups is 2. The van der Waals surface area contributed by atoms with Crippen LogP contribution in [0.1, 0.15) is 12.8 Å². The van der Waals surface area contributed by atoms with Crippen LogP contribution in [-0.4, -0.2) is 20.0 Å². The number of esters is 2. The van der Waals surface area contributed by atoms with E-state index in [0.717, 1.165) is 0 Å². The average molecular weight is 286 g/mol. The minimum absolute atomic E-state index is 0.244. The molecular formula is C16H18O3Si. The number of ether oxygens (including phenoxy) is 1. The van der Waals surface area contributed by atoms with Gasteiger partial charge in [0, 0.05) is 0 Å². The van der Waals surface area contributed by atoms with E-state index in [9.17, 15) is 9.59 Å². The molecule has 1 heterocycles. The molecule has 0 amide bonds. The molecule has 0 aromatic heterocycles. The van der Waals surface area contributed by atoms with E-state index in [0.29, 0.717) is 12.8 Å². The Morgan fingerprint density at radius 2 is 1.70 bits per heavy atom. The van der Waals surface area contributed by atoms with Crippen molar-refractivity contribution in [3.63, 3.8) is 0 Å². The molecule has 3 nitrogen and oxygen atoms in total. The fourth-order valence-corrected chi connectivity index (χ4v) is 5.96. The number of benzene rings is 1. The first-order valence-corrected chi connectivity index (χ1v) is 10.0. The van der Waals surface area contributed by atoms with Crippen molar-refractivity contribution in [2.75, 3.05) is 0 Å². The van der Waals surface area contributed by atoms with Gasteiger partial charge in [-0.1, -0.05) is 59.9 Å². The summed E-state index contributed by atoms with van der Waals surface area (Å²) in [5.41, 5.74) is 0. The predicted molar refractivity (Wildman–Crippen MR) is 79.0 cm³/mol. The van der Waals surface area contributed by atoms with E-state index >= 15 is 0 Å². The van der Waals surface area contributed by atoms with Gasteiger partial charge in [-0.2, -0.15) is 0 Å². The van der Waals surface area contributed by atoms with E-state index in [1.165, 1.54) is 10.4 Å². The predicted octanol–water partition coefficient (Wildman–Crippen LogP) is 2.18. The molecule has 1 aromatic rings. The number of fused-ring (bicyclic) bond motifs is 1. The van der Waals surface area contributed by atoms with Gasteiger partial charge >= 0.3 is 11.9 Å². The monoisotopic (exact) mass is 286 g/mol. The summed E-state index contributed by atoms with van der Waals surface area (Å²) < 4.78 is 4.78. The lowest BCUT2D eigenvalue weighted by molar-refractivity contribution is -0.153. The lowest BCUT2D eigenvalue weighted by Crippen LogP contribution is -2.45. The summed E-state index contributed by atoms with van der Waals surface area (Å²) in [7, 11) is -1.75. The smallest absolute Gasteiger partial charge is 0.317 e. The van der Waals surface area contributed by atoms with Gasteiger partial charge in [0.25, 0.3) is 0 Å². The summed E-state index contributed by atoms with van der Waals surface area (Å²) in [5, 5.41) is 2.72. The maximum Gasteiger partial charge on any atom is 0.317 e. The van der Waals surface area contributed by atoms with Crippen molar-refractivity contribution in [3.05, 3.63) is 41.6 Å². The van der Waals surface area contributed by atoms with Crippen LogP contribution in [0.4, 0.5) is 0 Å². The number of carbonyl (C=O) groups excluding carboxylic acids is 2. The van der Waals surface area contributed by atoms with Gasteiger partial charge in [0.1, 0.15) is 8.07 Å². The Kier molecular flexibility index (Phi) is 3.13. The van der Waals surface area contributed by atoms with Crippen molar-refractivity contribution in [3.8, 4) is 0 Å². The van der Waals surface area contributed by atoms with Gasteiger partial charge in [0.2, 0.25) is 0 Å². The topological polar surface area (TPSA) is 43.4 Å². The van der Waals surface area contributed by atoms with Crippen LogP contribution >= 0.6 is 0 Å². The van der Waals surface area contributed by atoms with E-state index in [4.69, 9.17) is 4.74 Å². The van der Waals surface area contributed by atoms with Crippen molar-refractivity contribution >= 4 is 25.2 Å². The quantitative estimate of drug-likeness (QED) is 0.475. The Bertz CT molecular complexity index is 589. The zero-order valence-corrected chi connectivity index (χ0v) is 12.8. The van der Waals surface area contributed by atoms with E-state index in [1.807, 2.05) is 6.07 Å². The van der Waals surface area contributed by atoms with Gasteiger partial charge in [-0.05, 0) is 12.8 Å². The van der Waals surface area contributed by atoms with Crippen LogP contribution in [0.25, 0.3) is 0 Å². The van der Waals surface area contributed by atoms with Crippen LogP contribution in [0.15, 0.2) is 41.6 Å². The lowest BCUT2D eigenvalue weighted by atomic mass is 9.85. The molecule has 0 spiro atoms. The molecule has 2 unspecified atom stereocenters. The zero-order valence-electron chi connectivity index (χ0n) is 11.8. The number of rotatable bonds is 2. The van der Waals surface area contributed by atoms with Crippen molar-refractivity contribution in [1.29, 1.82) is 0 Å². The summed E-state index contributed by atoms with van der Waals surface area (Å²) in [6.45, 7) is 4.60. The van der Waals surface area contributed by atoms with Crippen molar-refractivity contribution in [1.82, 2.24) is 0 Å². The minimum atomic E-state index is -1.75. The minimum Gasteiger partial charge on any atom is -0.393 e. The van der Waals surface area contributed by atoms with Gasteiger partial charge < -0.3 is 4.74 Å². The summed E-state index contributed by atoms with van der Waals surface area (Å²) in [6, 6.07) is 10.5. The van der Waals surface area contributed by atoms with Crippen LogP contribution in [0.2, 0.25) is 13.1 Å². The molecule has 1 saturated heterocycles. The molecule has 3 rings (SSSR count). The van der Waals surface area contributed by atoms with Crippen molar-refractivity contribution in [2.24, 2.45) is 11.8 Å². The zero-order chi connectivity index (χ0) is 14.3. The Hall–Kier alpha value is -1.68. The number of hydrogen-bond donors (Lipinski definition) is 0. The van der Waals surface area contributed by atoms with Gasteiger partial charge in [-0.3, -0.25) is 9.59 Å². The summed E-state index contributed by atoms with van der Waals surface area (Å²) >= 11 is 0. The Labute approximate surface area is 119 Å². The van der Waals surface area contributed by atoms with Gasteiger partial charge in [-0.25, -0.2) is 0 Å². The molecule has 1 aromatic carbocycles. The standard InChI is InChI=1S/C16H18O3Si/c1-20(2,11-6-4-3-5-7-11)12-8-9-13-14(10-12)16(18)19-15(13)17/h3-8,13-14H,9-10H2,1-2H3.